The number of carbonyl (C=O) groups is 1. The molecule has 0 spiro atoms. The van der Waals surface area contributed by atoms with Crippen LogP contribution in [0.3, 0.4) is 0 Å². The Bertz CT molecular complexity index is 776. The van der Waals surface area contributed by atoms with Gasteiger partial charge in [0.1, 0.15) is 6.54 Å². The van der Waals surface area contributed by atoms with E-state index in [2.05, 4.69) is 9.88 Å². The van der Waals surface area contributed by atoms with Crippen LogP contribution in [0.2, 0.25) is 0 Å². The number of rotatable bonds is 3. The van der Waals surface area contributed by atoms with Crippen LogP contribution in [0.4, 0.5) is 18.9 Å². The first-order chi connectivity index (χ1) is 11.8. The van der Waals surface area contributed by atoms with E-state index in [-0.39, 0.29) is 0 Å². The molecule has 3 rings (SSSR count). The topological polar surface area (TPSA) is 45.2 Å². The van der Waals surface area contributed by atoms with Crippen molar-refractivity contribution >= 4 is 22.5 Å². The summed E-state index contributed by atoms with van der Waals surface area (Å²) in [6.07, 6.45) is -1.29. The minimum atomic E-state index is -4.39. The van der Waals surface area contributed by atoms with Crippen molar-refractivity contribution in [3.63, 3.8) is 0 Å². The third-order valence-electron chi connectivity index (χ3n) is 4.55. The number of para-hydroxylation sites is 1. The summed E-state index contributed by atoms with van der Waals surface area (Å²) in [5.41, 5.74) is 2.95. The predicted octanol–water partition coefficient (Wildman–Crippen LogP) is 3.44. The Morgan fingerprint density at radius 2 is 2.16 bits per heavy atom. The van der Waals surface area contributed by atoms with E-state index in [9.17, 15) is 18.0 Å². The number of nitrogens with zero attached hydrogens (tertiary/aromatic N) is 2. The van der Waals surface area contributed by atoms with Gasteiger partial charge >= 0.3 is 6.18 Å². The Labute approximate surface area is 144 Å². The number of benzene rings is 1. The molecule has 2 heterocycles. The molecule has 1 aliphatic rings. The zero-order valence-corrected chi connectivity index (χ0v) is 13.9. The molecule has 1 aliphatic heterocycles. The lowest BCUT2D eigenvalue weighted by molar-refractivity contribution is -0.140. The molecular formula is C18H20F3N3O. The van der Waals surface area contributed by atoms with Crippen LogP contribution < -0.4 is 10.2 Å². The summed E-state index contributed by atoms with van der Waals surface area (Å²) in [5, 5.41) is 3.01. The molecule has 1 aromatic carbocycles. The van der Waals surface area contributed by atoms with Crippen molar-refractivity contribution in [3.8, 4) is 0 Å². The smallest absolute Gasteiger partial charge is 0.370 e. The first-order valence-corrected chi connectivity index (χ1v) is 8.29. The zero-order chi connectivity index (χ0) is 18.0. The quantitative estimate of drug-likeness (QED) is 0.921. The number of carbonyl (C=O) groups excluding carboxylic acids is 1. The van der Waals surface area contributed by atoms with Gasteiger partial charge in [0.25, 0.3) is 0 Å². The molecular weight excluding hydrogens is 331 g/mol. The fourth-order valence-corrected chi connectivity index (χ4v) is 3.33. The third kappa shape index (κ3) is 4.03. The molecule has 7 heteroatoms. The van der Waals surface area contributed by atoms with Gasteiger partial charge in [0.15, 0.2) is 0 Å². The molecule has 1 amide bonds. The van der Waals surface area contributed by atoms with Crippen LogP contribution in [0.5, 0.6) is 0 Å². The fourth-order valence-electron chi connectivity index (χ4n) is 3.33. The van der Waals surface area contributed by atoms with Gasteiger partial charge in [-0.25, -0.2) is 0 Å². The minimum absolute atomic E-state index is 0.413. The van der Waals surface area contributed by atoms with Crippen LogP contribution >= 0.6 is 0 Å². The number of aromatic nitrogens is 1. The number of alkyl halides is 3. The Hall–Kier alpha value is -2.31. The Morgan fingerprint density at radius 3 is 2.92 bits per heavy atom. The Balaban J connectivity index is 1.78. The van der Waals surface area contributed by atoms with Crippen LogP contribution in [0.1, 0.15) is 18.4 Å². The van der Waals surface area contributed by atoms with E-state index in [0.717, 1.165) is 35.1 Å². The van der Waals surface area contributed by atoms with Gasteiger partial charge in [-0.15, -0.1) is 0 Å². The molecule has 1 aromatic heterocycles. The highest BCUT2D eigenvalue weighted by Crippen LogP contribution is 2.30. The van der Waals surface area contributed by atoms with Crippen LogP contribution in [0.25, 0.3) is 10.9 Å². The van der Waals surface area contributed by atoms with Crippen LogP contribution in [0.15, 0.2) is 30.5 Å². The van der Waals surface area contributed by atoms with Crippen molar-refractivity contribution in [2.24, 2.45) is 5.92 Å². The number of halogens is 3. The van der Waals surface area contributed by atoms with E-state index in [0.29, 0.717) is 13.0 Å². The molecule has 0 aliphatic carbocycles. The number of amides is 1. The van der Waals surface area contributed by atoms with Crippen molar-refractivity contribution < 1.29 is 18.0 Å². The van der Waals surface area contributed by atoms with E-state index >= 15 is 0 Å². The lowest BCUT2D eigenvalue weighted by atomic mass is 9.96. The first-order valence-electron chi connectivity index (χ1n) is 8.29. The summed E-state index contributed by atoms with van der Waals surface area (Å²) in [7, 11) is 0. The summed E-state index contributed by atoms with van der Waals surface area (Å²) in [4.78, 5) is 18.6. The van der Waals surface area contributed by atoms with Gasteiger partial charge in [-0.1, -0.05) is 18.2 Å². The molecule has 1 saturated heterocycles. The second-order valence-corrected chi connectivity index (χ2v) is 6.42. The summed E-state index contributed by atoms with van der Waals surface area (Å²) < 4.78 is 36.9. The average molecular weight is 351 g/mol. The molecule has 1 N–H and O–H groups in total. The number of nitrogens with one attached hydrogen (secondary N) is 1. The fraction of sp³-hybridized carbons (Fsp3) is 0.444. The maximum Gasteiger partial charge on any atom is 0.405 e. The highest BCUT2D eigenvalue weighted by molar-refractivity contribution is 5.93. The summed E-state index contributed by atoms with van der Waals surface area (Å²) in [6.45, 7) is 1.90. The van der Waals surface area contributed by atoms with Gasteiger partial charge < -0.3 is 10.2 Å². The number of anilines is 1. The van der Waals surface area contributed by atoms with Gasteiger partial charge in [0, 0.05) is 30.4 Å². The minimum Gasteiger partial charge on any atom is -0.370 e. The molecule has 2 aromatic rings. The SMILES string of the molecule is Cc1cccc2c(N3CCCC(C(=O)NCC(F)(F)F)C3)ccnc12. The number of piperidine rings is 1. The van der Waals surface area contributed by atoms with E-state index in [1.165, 1.54) is 0 Å². The molecule has 4 nitrogen and oxygen atoms in total. The number of fused-ring (bicyclic) bond motifs is 1. The van der Waals surface area contributed by atoms with E-state index in [1.807, 2.05) is 36.5 Å². The van der Waals surface area contributed by atoms with Crippen molar-refractivity contribution in [2.75, 3.05) is 24.5 Å². The van der Waals surface area contributed by atoms with Gasteiger partial charge in [-0.05, 0) is 31.4 Å². The third-order valence-corrected chi connectivity index (χ3v) is 4.55. The van der Waals surface area contributed by atoms with Gasteiger partial charge in [0.05, 0.1) is 11.4 Å². The average Bonchev–Trinajstić information content (AvgIpc) is 2.59. The van der Waals surface area contributed by atoms with Gasteiger partial charge in [-0.2, -0.15) is 13.2 Å². The standard InChI is InChI=1S/C18H20F3N3O/c1-12-4-2-6-14-15(7-8-22-16(12)14)24-9-3-5-13(10-24)17(25)23-11-18(19,20)21/h2,4,6-8,13H,3,5,9-11H2,1H3,(H,23,25). The second-order valence-electron chi connectivity index (χ2n) is 6.42. The Kier molecular flexibility index (Phi) is 4.83. The number of hydrogen-bond acceptors (Lipinski definition) is 3. The van der Waals surface area contributed by atoms with Crippen molar-refractivity contribution in [2.45, 2.75) is 25.9 Å². The maximum absolute atomic E-state index is 12.3. The molecule has 134 valence electrons. The van der Waals surface area contributed by atoms with Gasteiger partial charge in [-0.3, -0.25) is 9.78 Å². The lowest BCUT2D eigenvalue weighted by Crippen LogP contribution is -2.45. The summed E-state index contributed by atoms with van der Waals surface area (Å²) in [6, 6.07) is 7.83. The molecule has 1 atom stereocenters. The predicted molar refractivity (Wildman–Crippen MR) is 90.5 cm³/mol. The molecule has 1 unspecified atom stereocenters. The number of pyridine rings is 1. The lowest BCUT2D eigenvalue weighted by Gasteiger charge is -2.34. The van der Waals surface area contributed by atoms with Crippen LogP contribution in [-0.2, 0) is 4.79 Å². The summed E-state index contributed by atoms with van der Waals surface area (Å²) in [5.74, 6) is -0.972. The van der Waals surface area contributed by atoms with Crippen LogP contribution in [0, 0.1) is 12.8 Å². The zero-order valence-electron chi connectivity index (χ0n) is 13.9. The van der Waals surface area contributed by atoms with Crippen molar-refractivity contribution in [1.29, 1.82) is 0 Å². The summed E-state index contributed by atoms with van der Waals surface area (Å²) >= 11 is 0. The highest BCUT2D eigenvalue weighted by atomic mass is 19.4. The molecule has 0 saturated carbocycles. The first kappa shape index (κ1) is 17.5. The van der Waals surface area contributed by atoms with E-state index in [1.54, 1.807) is 6.20 Å². The molecule has 0 radical (unpaired) electrons. The molecule has 1 fully saturated rings. The normalized spacial score (nSPS) is 18.4. The maximum atomic E-state index is 12.3. The number of aryl methyl sites for hydroxylation is 1. The van der Waals surface area contributed by atoms with Crippen molar-refractivity contribution in [3.05, 3.63) is 36.0 Å². The number of hydrogen-bond donors (Lipinski definition) is 1. The largest absolute Gasteiger partial charge is 0.405 e. The van der Waals surface area contributed by atoms with E-state index < -0.39 is 24.5 Å². The highest BCUT2D eigenvalue weighted by Gasteiger charge is 2.31. The van der Waals surface area contributed by atoms with E-state index in [4.69, 9.17) is 0 Å². The second kappa shape index (κ2) is 6.90. The van der Waals surface area contributed by atoms with Gasteiger partial charge in [0.2, 0.25) is 5.91 Å². The van der Waals surface area contributed by atoms with Crippen molar-refractivity contribution in [1.82, 2.24) is 10.3 Å². The monoisotopic (exact) mass is 351 g/mol. The molecule has 25 heavy (non-hydrogen) atoms. The van der Waals surface area contributed by atoms with Crippen LogP contribution in [-0.4, -0.2) is 36.7 Å². The Morgan fingerprint density at radius 1 is 1.36 bits per heavy atom. The molecule has 0 bridgehead atoms.